The Balaban J connectivity index is 2.13. The fraction of sp³-hybridized carbons (Fsp3) is 0.562. The second kappa shape index (κ2) is 6.80. The van der Waals surface area contributed by atoms with E-state index in [1.807, 2.05) is 4.90 Å². The summed E-state index contributed by atoms with van der Waals surface area (Å²) in [6.07, 6.45) is 3.05. The summed E-state index contributed by atoms with van der Waals surface area (Å²) in [5, 5.41) is 10.1. The minimum Gasteiger partial charge on any atom is -0.504 e. The molecule has 1 aliphatic heterocycles. The van der Waals surface area contributed by atoms with Gasteiger partial charge in [0, 0.05) is 19.1 Å². The largest absolute Gasteiger partial charge is 0.504 e. The van der Waals surface area contributed by atoms with Crippen LogP contribution in [0.1, 0.15) is 29.6 Å². The molecule has 1 atom stereocenters. The number of phenols is 1. The van der Waals surface area contributed by atoms with E-state index in [2.05, 4.69) is 19.0 Å². The zero-order valence-corrected chi connectivity index (χ0v) is 13.0. The van der Waals surface area contributed by atoms with Gasteiger partial charge in [0.2, 0.25) is 0 Å². The molecule has 1 fully saturated rings. The van der Waals surface area contributed by atoms with Crippen LogP contribution in [0.5, 0.6) is 11.5 Å². The van der Waals surface area contributed by atoms with Crippen LogP contribution in [0.3, 0.4) is 0 Å². The topological polar surface area (TPSA) is 53.0 Å². The highest BCUT2D eigenvalue weighted by atomic mass is 16.5. The van der Waals surface area contributed by atoms with Gasteiger partial charge in [-0.05, 0) is 45.5 Å². The zero-order chi connectivity index (χ0) is 15.4. The third kappa shape index (κ3) is 3.47. The Kier molecular flexibility index (Phi) is 5.07. The molecule has 2 rings (SSSR count). The number of carbonyl (C=O) groups excluding carboxylic acids is 1. The van der Waals surface area contributed by atoms with Crippen molar-refractivity contribution in [1.29, 1.82) is 0 Å². The maximum atomic E-state index is 12.6. The molecule has 5 heteroatoms. The van der Waals surface area contributed by atoms with Crippen LogP contribution in [0.15, 0.2) is 18.2 Å². The summed E-state index contributed by atoms with van der Waals surface area (Å²) < 4.78 is 5.07. The van der Waals surface area contributed by atoms with E-state index < -0.39 is 0 Å². The number of rotatable bonds is 3. The molecule has 0 spiro atoms. The Labute approximate surface area is 126 Å². The first kappa shape index (κ1) is 15.6. The van der Waals surface area contributed by atoms with E-state index in [1.54, 1.807) is 18.2 Å². The number of aromatic hydroxyl groups is 1. The average Bonchev–Trinajstić information content (AvgIpc) is 2.73. The first-order valence-corrected chi connectivity index (χ1v) is 7.36. The van der Waals surface area contributed by atoms with Gasteiger partial charge in [0.25, 0.3) is 5.91 Å². The maximum absolute atomic E-state index is 12.6. The van der Waals surface area contributed by atoms with Gasteiger partial charge >= 0.3 is 0 Å². The van der Waals surface area contributed by atoms with Crippen LogP contribution in [0, 0.1) is 0 Å². The molecule has 0 unspecified atom stereocenters. The standard InChI is InChI=1S/C16H24N2O3/c1-17(2)12-6-5-10-18(11-9-12)16(20)13-7-4-8-14(21-3)15(13)19/h4,7-8,12,19H,5-6,9-11H2,1-3H3/t12-/m1/s1. The Morgan fingerprint density at radius 1 is 1.33 bits per heavy atom. The zero-order valence-electron chi connectivity index (χ0n) is 13.0. The molecule has 1 saturated heterocycles. The van der Waals surface area contributed by atoms with Crippen LogP contribution < -0.4 is 4.74 Å². The molecule has 0 radical (unpaired) electrons. The number of amides is 1. The highest BCUT2D eigenvalue weighted by molar-refractivity contribution is 5.97. The molecule has 1 aromatic rings. The summed E-state index contributed by atoms with van der Waals surface area (Å²) >= 11 is 0. The van der Waals surface area contributed by atoms with Crippen molar-refractivity contribution in [3.05, 3.63) is 23.8 Å². The predicted octanol–water partition coefficient (Wildman–Crippen LogP) is 1.96. The molecule has 116 valence electrons. The van der Waals surface area contributed by atoms with Gasteiger partial charge in [0.15, 0.2) is 11.5 Å². The van der Waals surface area contributed by atoms with Crippen LogP contribution in [0.25, 0.3) is 0 Å². The van der Waals surface area contributed by atoms with Gasteiger partial charge in [-0.15, -0.1) is 0 Å². The monoisotopic (exact) mass is 292 g/mol. The molecule has 0 aliphatic carbocycles. The number of nitrogens with zero attached hydrogens (tertiary/aromatic N) is 2. The minimum absolute atomic E-state index is 0.0709. The number of phenolic OH excluding ortho intramolecular Hbond substituents is 1. The molecule has 0 bridgehead atoms. The summed E-state index contributed by atoms with van der Waals surface area (Å²) in [5.74, 6) is 0.144. The number of likely N-dealkylation sites (tertiary alicyclic amines) is 1. The van der Waals surface area contributed by atoms with Gasteiger partial charge in [-0.2, -0.15) is 0 Å². The lowest BCUT2D eigenvalue weighted by Crippen LogP contribution is -2.33. The highest BCUT2D eigenvalue weighted by Gasteiger charge is 2.24. The van der Waals surface area contributed by atoms with Crippen molar-refractivity contribution in [2.75, 3.05) is 34.3 Å². The fourth-order valence-electron chi connectivity index (χ4n) is 2.83. The molecule has 0 aromatic heterocycles. The number of ether oxygens (including phenoxy) is 1. The third-order valence-corrected chi connectivity index (χ3v) is 4.16. The van der Waals surface area contributed by atoms with Crippen molar-refractivity contribution in [3.8, 4) is 11.5 Å². The summed E-state index contributed by atoms with van der Waals surface area (Å²) in [7, 11) is 5.64. The second-order valence-corrected chi connectivity index (χ2v) is 5.70. The Morgan fingerprint density at radius 3 is 2.76 bits per heavy atom. The van der Waals surface area contributed by atoms with Crippen LogP contribution in [0.2, 0.25) is 0 Å². The number of carbonyl (C=O) groups is 1. The van der Waals surface area contributed by atoms with E-state index >= 15 is 0 Å². The van der Waals surface area contributed by atoms with E-state index in [-0.39, 0.29) is 11.7 Å². The van der Waals surface area contributed by atoms with E-state index in [1.165, 1.54) is 7.11 Å². The van der Waals surface area contributed by atoms with Crippen LogP contribution in [-0.4, -0.2) is 61.2 Å². The van der Waals surface area contributed by atoms with Crippen LogP contribution >= 0.6 is 0 Å². The van der Waals surface area contributed by atoms with Crippen molar-refractivity contribution in [3.63, 3.8) is 0 Å². The van der Waals surface area contributed by atoms with Gasteiger partial charge < -0.3 is 19.6 Å². The second-order valence-electron chi connectivity index (χ2n) is 5.70. The van der Waals surface area contributed by atoms with Crippen molar-refractivity contribution in [2.45, 2.75) is 25.3 Å². The molecule has 1 aromatic carbocycles. The Hall–Kier alpha value is -1.75. The Bertz CT molecular complexity index is 502. The van der Waals surface area contributed by atoms with Gasteiger partial charge in [0.05, 0.1) is 12.7 Å². The summed E-state index contributed by atoms with van der Waals surface area (Å²) in [6.45, 7) is 1.46. The van der Waals surface area contributed by atoms with E-state index in [0.717, 1.165) is 32.4 Å². The maximum Gasteiger partial charge on any atom is 0.257 e. The smallest absolute Gasteiger partial charge is 0.257 e. The number of methoxy groups -OCH3 is 1. The molecule has 21 heavy (non-hydrogen) atoms. The number of hydrogen-bond donors (Lipinski definition) is 1. The minimum atomic E-state index is -0.120. The summed E-state index contributed by atoms with van der Waals surface area (Å²) in [5.41, 5.74) is 0.317. The molecule has 1 heterocycles. The predicted molar refractivity (Wildman–Crippen MR) is 81.9 cm³/mol. The van der Waals surface area contributed by atoms with Crippen molar-refractivity contribution < 1.29 is 14.6 Å². The van der Waals surface area contributed by atoms with Crippen molar-refractivity contribution >= 4 is 5.91 Å². The lowest BCUT2D eigenvalue weighted by atomic mass is 10.1. The first-order valence-electron chi connectivity index (χ1n) is 7.36. The lowest BCUT2D eigenvalue weighted by Gasteiger charge is -2.23. The normalized spacial score (nSPS) is 19.4. The molecule has 1 amide bonds. The number of benzene rings is 1. The fourth-order valence-corrected chi connectivity index (χ4v) is 2.83. The molecule has 1 aliphatic rings. The van der Waals surface area contributed by atoms with E-state index in [4.69, 9.17) is 4.74 Å². The van der Waals surface area contributed by atoms with Crippen molar-refractivity contribution in [2.24, 2.45) is 0 Å². The summed E-state index contributed by atoms with van der Waals surface area (Å²) in [4.78, 5) is 16.7. The van der Waals surface area contributed by atoms with E-state index in [9.17, 15) is 9.90 Å². The highest BCUT2D eigenvalue weighted by Crippen LogP contribution is 2.30. The lowest BCUT2D eigenvalue weighted by molar-refractivity contribution is 0.0755. The first-order chi connectivity index (χ1) is 10.0. The molecule has 5 nitrogen and oxygen atoms in total. The number of hydrogen-bond acceptors (Lipinski definition) is 4. The molecule has 1 N–H and O–H groups in total. The SMILES string of the molecule is COc1cccc(C(=O)N2CCC[C@@H](N(C)C)CC2)c1O. The van der Waals surface area contributed by atoms with Gasteiger partial charge in [-0.25, -0.2) is 0 Å². The van der Waals surface area contributed by atoms with Crippen LogP contribution in [-0.2, 0) is 0 Å². The van der Waals surface area contributed by atoms with Gasteiger partial charge in [-0.1, -0.05) is 6.07 Å². The summed E-state index contributed by atoms with van der Waals surface area (Å²) in [6, 6.07) is 5.54. The molecule has 0 saturated carbocycles. The van der Waals surface area contributed by atoms with Gasteiger partial charge in [0.1, 0.15) is 0 Å². The Morgan fingerprint density at radius 2 is 2.10 bits per heavy atom. The average molecular weight is 292 g/mol. The molecular formula is C16H24N2O3. The van der Waals surface area contributed by atoms with Crippen LogP contribution in [0.4, 0.5) is 0 Å². The van der Waals surface area contributed by atoms with Gasteiger partial charge in [-0.3, -0.25) is 4.79 Å². The quantitative estimate of drug-likeness (QED) is 0.925. The molecular weight excluding hydrogens is 268 g/mol. The third-order valence-electron chi connectivity index (χ3n) is 4.16. The van der Waals surface area contributed by atoms with Crippen molar-refractivity contribution in [1.82, 2.24) is 9.80 Å². The van der Waals surface area contributed by atoms with E-state index in [0.29, 0.717) is 17.4 Å². The number of para-hydroxylation sites is 1.